The first-order valence-electron chi connectivity index (χ1n) is 9.37. The van der Waals surface area contributed by atoms with Crippen LogP contribution in [0.4, 0.5) is 0 Å². The number of likely N-dealkylation sites (tertiary alicyclic amines) is 1. The van der Waals surface area contributed by atoms with Crippen LogP contribution in [0.25, 0.3) is 10.9 Å². The number of aromatic amines is 1. The van der Waals surface area contributed by atoms with Crippen LogP contribution in [-0.4, -0.2) is 34.9 Å². The third-order valence-corrected chi connectivity index (χ3v) is 5.99. The topological polar surface area (TPSA) is 48.1 Å². The van der Waals surface area contributed by atoms with Gasteiger partial charge in [-0.05, 0) is 48.9 Å². The van der Waals surface area contributed by atoms with Crippen molar-refractivity contribution >= 4 is 28.1 Å². The van der Waals surface area contributed by atoms with Crippen molar-refractivity contribution in [2.45, 2.75) is 38.3 Å². The Morgan fingerprint density at radius 2 is 2.19 bits per heavy atom. The van der Waals surface area contributed by atoms with Gasteiger partial charge >= 0.3 is 0 Å². The lowest BCUT2D eigenvalue weighted by atomic mass is 10.0. The predicted octanol–water partition coefficient (Wildman–Crippen LogP) is 3.94. The number of piperidine rings is 1. The molecule has 4 nitrogen and oxygen atoms in total. The summed E-state index contributed by atoms with van der Waals surface area (Å²) < 4.78 is 0. The molecule has 4 rings (SSSR count). The summed E-state index contributed by atoms with van der Waals surface area (Å²) >= 11 is 1.81. The number of carbonyl (C=O) groups excluding carboxylic acids is 1. The van der Waals surface area contributed by atoms with Crippen molar-refractivity contribution in [3.8, 4) is 0 Å². The molecule has 5 heteroatoms. The number of rotatable bonds is 6. The first-order chi connectivity index (χ1) is 12.8. The highest BCUT2D eigenvalue weighted by Gasteiger charge is 2.21. The number of amides is 1. The number of benzene rings is 1. The van der Waals surface area contributed by atoms with E-state index in [1.807, 2.05) is 29.7 Å². The van der Waals surface area contributed by atoms with Crippen molar-refractivity contribution < 1.29 is 4.79 Å². The second-order valence-electron chi connectivity index (χ2n) is 7.08. The number of hydrogen-bond acceptors (Lipinski definition) is 3. The molecule has 1 saturated heterocycles. The first kappa shape index (κ1) is 17.3. The van der Waals surface area contributed by atoms with Crippen molar-refractivity contribution in [3.63, 3.8) is 0 Å². The minimum absolute atomic E-state index is 0.165. The number of carbonyl (C=O) groups is 1. The zero-order chi connectivity index (χ0) is 17.8. The normalized spacial score (nSPS) is 18.2. The molecule has 1 fully saturated rings. The Bertz CT molecular complexity index is 855. The van der Waals surface area contributed by atoms with Crippen molar-refractivity contribution in [2.24, 2.45) is 0 Å². The van der Waals surface area contributed by atoms with Gasteiger partial charge in [0.1, 0.15) is 0 Å². The Kier molecular flexibility index (Phi) is 5.37. The maximum atomic E-state index is 12.4. The molecule has 1 atom stereocenters. The monoisotopic (exact) mass is 367 g/mol. The third kappa shape index (κ3) is 4.17. The highest BCUT2D eigenvalue weighted by molar-refractivity contribution is 7.09. The quantitative estimate of drug-likeness (QED) is 0.693. The fourth-order valence-electron chi connectivity index (χ4n) is 3.83. The molecule has 26 heavy (non-hydrogen) atoms. The summed E-state index contributed by atoms with van der Waals surface area (Å²) in [5.41, 5.74) is 2.36. The number of fused-ring (bicyclic) bond motifs is 1. The molecule has 2 aromatic heterocycles. The maximum absolute atomic E-state index is 12.4. The van der Waals surface area contributed by atoms with Crippen LogP contribution in [0.15, 0.2) is 48.0 Å². The average Bonchev–Trinajstić information content (AvgIpc) is 3.30. The van der Waals surface area contributed by atoms with Gasteiger partial charge in [0.05, 0.1) is 0 Å². The maximum Gasteiger partial charge on any atom is 0.220 e. The van der Waals surface area contributed by atoms with Crippen LogP contribution >= 0.6 is 11.3 Å². The number of para-hydroxylation sites is 1. The second-order valence-corrected chi connectivity index (χ2v) is 8.11. The molecule has 0 aliphatic carbocycles. The summed E-state index contributed by atoms with van der Waals surface area (Å²) in [6.07, 6.45) is 5.59. The van der Waals surface area contributed by atoms with Gasteiger partial charge in [-0.2, -0.15) is 0 Å². The average molecular weight is 368 g/mol. The summed E-state index contributed by atoms with van der Waals surface area (Å²) in [5, 5.41) is 6.60. The van der Waals surface area contributed by atoms with Crippen molar-refractivity contribution in [1.29, 1.82) is 0 Å². The van der Waals surface area contributed by atoms with E-state index in [2.05, 4.69) is 44.8 Å². The molecular formula is C21H25N3OS. The zero-order valence-corrected chi connectivity index (χ0v) is 15.7. The summed E-state index contributed by atoms with van der Waals surface area (Å²) in [7, 11) is 0. The van der Waals surface area contributed by atoms with Crippen molar-refractivity contribution in [1.82, 2.24) is 15.2 Å². The number of thiophene rings is 1. The number of hydrogen-bond donors (Lipinski definition) is 2. The van der Waals surface area contributed by atoms with E-state index in [9.17, 15) is 4.79 Å². The van der Waals surface area contributed by atoms with Gasteiger partial charge in [-0.15, -0.1) is 11.3 Å². The molecule has 2 N–H and O–H groups in total. The number of nitrogens with one attached hydrogen (secondary N) is 2. The van der Waals surface area contributed by atoms with E-state index in [0.29, 0.717) is 6.42 Å². The number of aromatic nitrogens is 1. The van der Waals surface area contributed by atoms with E-state index < -0.39 is 0 Å². The third-order valence-electron chi connectivity index (χ3n) is 5.13. The van der Waals surface area contributed by atoms with Crippen LogP contribution in [0, 0.1) is 0 Å². The lowest BCUT2D eigenvalue weighted by Gasteiger charge is -2.32. The molecule has 1 aliphatic rings. The summed E-state index contributed by atoms with van der Waals surface area (Å²) in [4.78, 5) is 19.6. The Hall–Kier alpha value is -2.11. The molecule has 136 valence electrons. The lowest BCUT2D eigenvalue weighted by molar-refractivity contribution is -0.122. The molecule has 0 spiro atoms. The minimum Gasteiger partial charge on any atom is -0.361 e. The van der Waals surface area contributed by atoms with E-state index in [-0.39, 0.29) is 11.9 Å². The van der Waals surface area contributed by atoms with Crippen LogP contribution in [0.2, 0.25) is 0 Å². The fourth-order valence-corrected chi connectivity index (χ4v) is 4.57. The Morgan fingerprint density at radius 1 is 1.27 bits per heavy atom. The Morgan fingerprint density at radius 3 is 3.08 bits per heavy atom. The molecule has 1 amide bonds. The zero-order valence-electron chi connectivity index (χ0n) is 14.9. The highest BCUT2D eigenvalue weighted by Crippen LogP contribution is 2.20. The molecule has 1 unspecified atom stereocenters. The smallest absolute Gasteiger partial charge is 0.220 e. The van der Waals surface area contributed by atoms with Gasteiger partial charge in [0.25, 0.3) is 0 Å². The largest absolute Gasteiger partial charge is 0.361 e. The van der Waals surface area contributed by atoms with Crippen LogP contribution in [0.5, 0.6) is 0 Å². The van der Waals surface area contributed by atoms with Crippen LogP contribution < -0.4 is 5.32 Å². The Balaban J connectivity index is 1.27. The molecule has 1 aromatic carbocycles. The SMILES string of the molecule is O=C(CCc1c[nH]c2ccccc12)NC1CCCN(Cc2cccs2)C1. The molecule has 3 heterocycles. The van der Waals surface area contributed by atoms with E-state index in [0.717, 1.165) is 44.4 Å². The van der Waals surface area contributed by atoms with Gasteiger partial charge in [-0.3, -0.25) is 9.69 Å². The molecule has 3 aromatic rings. The van der Waals surface area contributed by atoms with E-state index in [1.165, 1.54) is 15.8 Å². The lowest BCUT2D eigenvalue weighted by Crippen LogP contribution is -2.47. The summed E-state index contributed by atoms with van der Waals surface area (Å²) in [5.74, 6) is 0.165. The summed E-state index contributed by atoms with van der Waals surface area (Å²) in [6, 6.07) is 12.8. The van der Waals surface area contributed by atoms with Gasteiger partial charge in [0, 0.05) is 47.5 Å². The Labute approximate surface area is 158 Å². The van der Waals surface area contributed by atoms with Gasteiger partial charge in [-0.25, -0.2) is 0 Å². The summed E-state index contributed by atoms with van der Waals surface area (Å²) in [6.45, 7) is 3.08. The van der Waals surface area contributed by atoms with E-state index in [1.54, 1.807) is 0 Å². The fraction of sp³-hybridized carbons (Fsp3) is 0.381. The van der Waals surface area contributed by atoms with Crippen LogP contribution in [0.1, 0.15) is 29.7 Å². The molecular weight excluding hydrogens is 342 g/mol. The molecule has 0 saturated carbocycles. The van der Waals surface area contributed by atoms with Crippen molar-refractivity contribution in [3.05, 3.63) is 58.4 Å². The molecule has 0 bridgehead atoms. The first-order valence-corrected chi connectivity index (χ1v) is 10.2. The molecule has 0 radical (unpaired) electrons. The number of nitrogens with zero attached hydrogens (tertiary/aromatic N) is 1. The number of H-pyrrole nitrogens is 1. The second kappa shape index (κ2) is 8.06. The standard InChI is InChI=1S/C21H25N3OS/c25-21(10-9-16-13-22-20-8-2-1-7-19(16)20)23-17-5-3-11-24(14-17)15-18-6-4-12-26-18/h1-2,4,6-8,12-13,17,22H,3,5,9-11,14-15H2,(H,23,25). The van der Waals surface area contributed by atoms with Crippen LogP contribution in [0.3, 0.4) is 0 Å². The number of aryl methyl sites for hydroxylation is 1. The van der Waals surface area contributed by atoms with Crippen molar-refractivity contribution in [2.75, 3.05) is 13.1 Å². The van der Waals surface area contributed by atoms with Crippen LogP contribution in [-0.2, 0) is 17.8 Å². The highest BCUT2D eigenvalue weighted by atomic mass is 32.1. The molecule has 1 aliphatic heterocycles. The van der Waals surface area contributed by atoms with E-state index in [4.69, 9.17) is 0 Å². The minimum atomic E-state index is 0.165. The van der Waals surface area contributed by atoms with Gasteiger partial charge in [-0.1, -0.05) is 24.3 Å². The van der Waals surface area contributed by atoms with E-state index >= 15 is 0 Å². The van der Waals surface area contributed by atoms with Gasteiger partial charge in [0.2, 0.25) is 5.91 Å². The predicted molar refractivity (Wildman–Crippen MR) is 107 cm³/mol. The van der Waals surface area contributed by atoms with Gasteiger partial charge in [0.15, 0.2) is 0 Å². The van der Waals surface area contributed by atoms with Gasteiger partial charge < -0.3 is 10.3 Å².